The minimum absolute atomic E-state index is 0.286. The molecule has 1 amide bonds. The molecule has 1 aromatic heterocycles. The van der Waals surface area contributed by atoms with Crippen molar-refractivity contribution in [1.29, 1.82) is 0 Å². The van der Waals surface area contributed by atoms with Crippen LogP contribution in [0.4, 0.5) is 5.82 Å². The van der Waals surface area contributed by atoms with Gasteiger partial charge in [-0.05, 0) is 24.5 Å². The normalized spacial score (nSPS) is 10.6. The molecule has 0 fully saturated rings. The molecule has 2 aromatic rings. The molecule has 0 bridgehead atoms. The number of anilines is 1. The van der Waals surface area contributed by atoms with Gasteiger partial charge in [0.2, 0.25) is 0 Å². The van der Waals surface area contributed by atoms with E-state index in [4.69, 9.17) is 9.26 Å². The summed E-state index contributed by atoms with van der Waals surface area (Å²) < 4.78 is 9.61. The van der Waals surface area contributed by atoms with Gasteiger partial charge in [0, 0.05) is 17.0 Å². The van der Waals surface area contributed by atoms with Crippen LogP contribution in [-0.4, -0.2) is 23.6 Å². The fourth-order valence-corrected chi connectivity index (χ4v) is 2.11. The summed E-state index contributed by atoms with van der Waals surface area (Å²) >= 11 is 1.38. The fourth-order valence-electron chi connectivity index (χ4n) is 1.46. The second-order valence-electron chi connectivity index (χ2n) is 4.21. The standard InChI is InChI=1S/C15H14N2O4S/c1-11-9-13(17-21-11)16-14(18)10-20-15(19)7-8-22-12-5-3-2-4-6-12/h2-9H,10H2,1H3,(H,16,17,18)/b8-7+. The summed E-state index contributed by atoms with van der Waals surface area (Å²) in [4.78, 5) is 24.0. The largest absolute Gasteiger partial charge is 0.452 e. The Labute approximate surface area is 131 Å². The van der Waals surface area contributed by atoms with Gasteiger partial charge >= 0.3 is 5.97 Å². The maximum Gasteiger partial charge on any atom is 0.331 e. The number of hydrogen-bond acceptors (Lipinski definition) is 6. The van der Waals surface area contributed by atoms with Gasteiger partial charge < -0.3 is 14.6 Å². The minimum Gasteiger partial charge on any atom is -0.452 e. The molecule has 7 heteroatoms. The van der Waals surface area contributed by atoms with Gasteiger partial charge in [-0.25, -0.2) is 4.79 Å². The Balaban J connectivity index is 1.69. The molecule has 0 aliphatic carbocycles. The Kier molecular flexibility index (Phi) is 5.79. The first-order chi connectivity index (χ1) is 10.6. The summed E-state index contributed by atoms with van der Waals surface area (Å²) in [5.74, 6) is -0.206. The molecule has 6 nitrogen and oxygen atoms in total. The molecule has 0 unspecified atom stereocenters. The molecule has 0 saturated carbocycles. The predicted molar refractivity (Wildman–Crippen MR) is 82.3 cm³/mol. The maximum atomic E-state index is 11.5. The van der Waals surface area contributed by atoms with Crippen molar-refractivity contribution in [2.45, 2.75) is 11.8 Å². The van der Waals surface area contributed by atoms with E-state index in [-0.39, 0.29) is 12.4 Å². The first-order valence-electron chi connectivity index (χ1n) is 6.41. The number of benzene rings is 1. The van der Waals surface area contributed by atoms with Gasteiger partial charge in [0.15, 0.2) is 12.4 Å². The second-order valence-corrected chi connectivity index (χ2v) is 5.19. The summed E-state index contributed by atoms with van der Waals surface area (Å²) in [6.07, 6.45) is 1.27. The van der Waals surface area contributed by atoms with E-state index in [1.165, 1.54) is 17.8 Å². The number of carbonyl (C=O) groups excluding carboxylic acids is 2. The van der Waals surface area contributed by atoms with Gasteiger partial charge in [-0.1, -0.05) is 35.1 Å². The van der Waals surface area contributed by atoms with E-state index < -0.39 is 11.9 Å². The Morgan fingerprint density at radius 1 is 1.36 bits per heavy atom. The smallest absolute Gasteiger partial charge is 0.331 e. The van der Waals surface area contributed by atoms with E-state index in [1.807, 2.05) is 30.3 Å². The molecular weight excluding hydrogens is 304 g/mol. The first kappa shape index (κ1) is 15.8. The molecule has 1 heterocycles. The molecule has 0 aliphatic heterocycles. The average Bonchev–Trinajstić information content (AvgIpc) is 2.91. The van der Waals surface area contributed by atoms with Crippen LogP contribution in [0.5, 0.6) is 0 Å². The molecule has 1 aromatic carbocycles. The number of amides is 1. The fraction of sp³-hybridized carbons (Fsp3) is 0.133. The number of esters is 1. The monoisotopic (exact) mass is 318 g/mol. The van der Waals surface area contributed by atoms with Crippen LogP contribution in [0.1, 0.15) is 5.76 Å². The number of hydrogen-bond donors (Lipinski definition) is 1. The summed E-state index contributed by atoms with van der Waals surface area (Å²) in [5, 5.41) is 7.66. The highest BCUT2D eigenvalue weighted by Crippen LogP contribution is 2.17. The number of aryl methyl sites for hydroxylation is 1. The van der Waals surface area contributed by atoms with Crippen molar-refractivity contribution in [3.63, 3.8) is 0 Å². The van der Waals surface area contributed by atoms with Crippen molar-refractivity contribution in [3.8, 4) is 0 Å². The number of ether oxygens (including phenoxy) is 1. The Morgan fingerprint density at radius 2 is 2.14 bits per heavy atom. The molecule has 0 atom stereocenters. The van der Waals surface area contributed by atoms with Gasteiger partial charge in [-0.2, -0.15) is 0 Å². The van der Waals surface area contributed by atoms with Crippen LogP contribution in [0.25, 0.3) is 0 Å². The second kappa shape index (κ2) is 8.04. The average molecular weight is 318 g/mol. The summed E-state index contributed by atoms with van der Waals surface area (Å²) in [6.45, 7) is 1.32. The molecule has 114 valence electrons. The molecule has 1 N–H and O–H groups in total. The van der Waals surface area contributed by atoms with Gasteiger partial charge in [-0.3, -0.25) is 4.79 Å². The highest BCUT2D eigenvalue weighted by atomic mass is 32.2. The molecule has 2 rings (SSSR count). The highest BCUT2D eigenvalue weighted by molar-refractivity contribution is 8.02. The maximum absolute atomic E-state index is 11.5. The van der Waals surface area contributed by atoms with Crippen molar-refractivity contribution in [3.05, 3.63) is 53.6 Å². The first-order valence-corrected chi connectivity index (χ1v) is 7.29. The molecule has 0 spiro atoms. The molecule has 0 aliphatic rings. The number of carbonyl (C=O) groups is 2. The lowest BCUT2D eigenvalue weighted by Gasteiger charge is -2.01. The van der Waals surface area contributed by atoms with Gasteiger partial charge in [0.25, 0.3) is 5.91 Å². The van der Waals surface area contributed by atoms with E-state index in [1.54, 1.807) is 18.4 Å². The quantitative estimate of drug-likeness (QED) is 0.501. The summed E-state index contributed by atoms with van der Waals surface area (Å²) in [6, 6.07) is 11.1. The third kappa shape index (κ3) is 5.45. The highest BCUT2D eigenvalue weighted by Gasteiger charge is 2.08. The van der Waals surface area contributed by atoms with Crippen LogP contribution in [0.15, 0.2) is 57.3 Å². The van der Waals surface area contributed by atoms with Crippen LogP contribution >= 0.6 is 11.8 Å². The van der Waals surface area contributed by atoms with E-state index in [0.29, 0.717) is 5.76 Å². The zero-order valence-electron chi connectivity index (χ0n) is 11.8. The Hall–Kier alpha value is -2.54. The zero-order valence-corrected chi connectivity index (χ0v) is 12.6. The minimum atomic E-state index is -0.588. The van der Waals surface area contributed by atoms with Crippen LogP contribution in [-0.2, 0) is 14.3 Å². The zero-order chi connectivity index (χ0) is 15.8. The number of nitrogens with one attached hydrogen (secondary N) is 1. The Bertz CT molecular complexity index is 667. The number of aromatic nitrogens is 1. The lowest BCUT2D eigenvalue weighted by atomic mass is 10.4. The van der Waals surface area contributed by atoms with E-state index in [9.17, 15) is 9.59 Å². The van der Waals surface area contributed by atoms with Gasteiger partial charge in [-0.15, -0.1) is 0 Å². The summed E-state index contributed by atoms with van der Waals surface area (Å²) in [7, 11) is 0. The SMILES string of the molecule is Cc1cc(NC(=O)COC(=O)/C=C/Sc2ccccc2)no1. The lowest BCUT2D eigenvalue weighted by molar-refractivity contribution is -0.142. The predicted octanol–water partition coefficient (Wildman–Crippen LogP) is 2.77. The van der Waals surface area contributed by atoms with Crippen molar-refractivity contribution in [1.82, 2.24) is 5.16 Å². The van der Waals surface area contributed by atoms with E-state index >= 15 is 0 Å². The summed E-state index contributed by atoms with van der Waals surface area (Å²) in [5.41, 5.74) is 0. The molecule has 22 heavy (non-hydrogen) atoms. The van der Waals surface area contributed by atoms with Crippen molar-refractivity contribution in [2.24, 2.45) is 0 Å². The van der Waals surface area contributed by atoms with Crippen molar-refractivity contribution >= 4 is 29.5 Å². The molecule has 0 radical (unpaired) electrons. The topological polar surface area (TPSA) is 81.4 Å². The third-order valence-corrected chi connectivity index (χ3v) is 3.21. The van der Waals surface area contributed by atoms with Gasteiger partial charge in [0.05, 0.1) is 0 Å². The van der Waals surface area contributed by atoms with Crippen LogP contribution in [0.3, 0.4) is 0 Å². The lowest BCUT2D eigenvalue weighted by Crippen LogP contribution is -2.20. The van der Waals surface area contributed by atoms with Gasteiger partial charge in [0.1, 0.15) is 5.76 Å². The van der Waals surface area contributed by atoms with Crippen LogP contribution < -0.4 is 5.32 Å². The van der Waals surface area contributed by atoms with Crippen molar-refractivity contribution < 1.29 is 18.8 Å². The van der Waals surface area contributed by atoms with Crippen LogP contribution in [0, 0.1) is 6.92 Å². The van der Waals surface area contributed by atoms with Crippen molar-refractivity contribution in [2.75, 3.05) is 11.9 Å². The number of rotatable bonds is 6. The van der Waals surface area contributed by atoms with Crippen LogP contribution in [0.2, 0.25) is 0 Å². The molecular formula is C15H14N2O4S. The molecule has 0 saturated heterocycles. The Morgan fingerprint density at radius 3 is 2.82 bits per heavy atom. The van der Waals surface area contributed by atoms with E-state index in [2.05, 4.69) is 10.5 Å². The third-order valence-electron chi connectivity index (χ3n) is 2.39. The van der Waals surface area contributed by atoms with E-state index in [0.717, 1.165) is 4.90 Å². The number of thioether (sulfide) groups is 1. The number of nitrogens with zero attached hydrogens (tertiary/aromatic N) is 1.